The van der Waals surface area contributed by atoms with Gasteiger partial charge in [-0.3, -0.25) is 4.79 Å². The van der Waals surface area contributed by atoms with Crippen molar-refractivity contribution in [3.8, 4) is 12.3 Å². The number of carbonyl (C=O) groups is 2. The minimum absolute atomic E-state index is 0.0126. The molecule has 0 spiro atoms. The number of fused-ring (bicyclic) bond motifs is 1. The van der Waals surface area contributed by atoms with Gasteiger partial charge in [-0.1, -0.05) is 5.92 Å². The number of nitrogens with zero attached hydrogens (tertiary/aromatic N) is 1. The number of aliphatic carboxylic acids is 1. The number of hydrogen-bond acceptors (Lipinski definition) is 3. The Morgan fingerprint density at radius 1 is 1.60 bits per heavy atom. The molecule has 20 heavy (non-hydrogen) atoms. The third-order valence-electron chi connectivity index (χ3n) is 3.25. The Morgan fingerprint density at radius 2 is 2.40 bits per heavy atom. The second-order valence-electron chi connectivity index (χ2n) is 4.65. The molecule has 1 aromatic heterocycles. The molecule has 0 saturated heterocycles. The van der Waals surface area contributed by atoms with E-state index in [-0.39, 0.29) is 19.1 Å². The first-order chi connectivity index (χ1) is 9.61. The van der Waals surface area contributed by atoms with Gasteiger partial charge in [-0.15, -0.1) is 17.8 Å². The van der Waals surface area contributed by atoms with Crippen molar-refractivity contribution in [1.29, 1.82) is 0 Å². The number of hydrogen-bond donors (Lipinski definition) is 2. The van der Waals surface area contributed by atoms with Crippen LogP contribution in [0.5, 0.6) is 0 Å². The van der Waals surface area contributed by atoms with Gasteiger partial charge in [-0.2, -0.15) is 0 Å². The minimum atomic E-state index is -1.07. The Morgan fingerprint density at radius 3 is 3.10 bits per heavy atom. The van der Waals surface area contributed by atoms with Crippen molar-refractivity contribution >= 4 is 23.3 Å². The van der Waals surface area contributed by atoms with Crippen LogP contribution in [0.25, 0.3) is 0 Å². The Kier molecular flexibility index (Phi) is 4.64. The summed E-state index contributed by atoms with van der Waals surface area (Å²) in [4.78, 5) is 25.3. The van der Waals surface area contributed by atoms with E-state index in [1.807, 2.05) is 11.4 Å². The first-order valence-electron chi connectivity index (χ1n) is 6.38. The van der Waals surface area contributed by atoms with Crippen molar-refractivity contribution in [2.45, 2.75) is 25.3 Å². The largest absolute Gasteiger partial charge is 0.480 e. The molecule has 6 heteroatoms. The van der Waals surface area contributed by atoms with Gasteiger partial charge in [0.15, 0.2) is 0 Å². The normalized spacial score (nSPS) is 16.9. The van der Waals surface area contributed by atoms with Crippen LogP contribution >= 0.6 is 11.3 Å². The zero-order valence-electron chi connectivity index (χ0n) is 11.0. The van der Waals surface area contributed by atoms with Gasteiger partial charge < -0.3 is 15.3 Å². The quantitative estimate of drug-likeness (QED) is 0.832. The van der Waals surface area contributed by atoms with Crippen molar-refractivity contribution in [3.63, 3.8) is 0 Å². The van der Waals surface area contributed by atoms with Crippen LogP contribution in [0.15, 0.2) is 11.4 Å². The van der Waals surface area contributed by atoms with E-state index >= 15 is 0 Å². The number of carboxylic acids is 1. The molecule has 2 rings (SSSR count). The summed E-state index contributed by atoms with van der Waals surface area (Å²) in [5.74, 6) is 1.24. The van der Waals surface area contributed by atoms with Crippen molar-refractivity contribution in [3.05, 3.63) is 21.9 Å². The molecule has 2 amide bonds. The number of aryl methyl sites for hydroxylation is 1. The van der Waals surface area contributed by atoms with Crippen LogP contribution in [-0.4, -0.2) is 35.1 Å². The maximum absolute atomic E-state index is 12.1. The van der Waals surface area contributed by atoms with Crippen LogP contribution in [0, 0.1) is 12.3 Å². The van der Waals surface area contributed by atoms with Crippen molar-refractivity contribution in [2.75, 3.05) is 13.1 Å². The van der Waals surface area contributed by atoms with Gasteiger partial charge in [0.2, 0.25) is 0 Å². The average Bonchev–Trinajstić information content (AvgIpc) is 2.87. The molecule has 1 atom stereocenters. The lowest BCUT2D eigenvalue weighted by atomic mass is 9.94. The summed E-state index contributed by atoms with van der Waals surface area (Å²) in [7, 11) is 0. The topological polar surface area (TPSA) is 69.6 Å². The molecule has 1 unspecified atom stereocenters. The highest BCUT2D eigenvalue weighted by Gasteiger charge is 2.25. The number of terminal acetylenes is 1. The van der Waals surface area contributed by atoms with Gasteiger partial charge in [0.25, 0.3) is 0 Å². The number of urea groups is 1. The molecular weight excluding hydrogens is 276 g/mol. The van der Waals surface area contributed by atoms with E-state index in [0.717, 1.165) is 29.7 Å². The van der Waals surface area contributed by atoms with E-state index < -0.39 is 12.0 Å². The molecule has 0 fully saturated rings. The SMILES string of the molecule is C#CCN(CC(=O)O)C(=O)NC1CCCc2sccc21. The lowest BCUT2D eigenvalue weighted by Gasteiger charge is -2.27. The fourth-order valence-corrected chi connectivity index (χ4v) is 3.34. The summed E-state index contributed by atoms with van der Waals surface area (Å²) in [6, 6.07) is 1.55. The van der Waals surface area contributed by atoms with Crippen molar-refractivity contribution in [1.82, 2.24) is 10.2 Å². The Hall–Kier alpha value is -2.00. The summed E-state index contributed by atoms with van der Waals surface area (Å²) >= 11 is 1.69. The number of carboxylic acid groups (broad SMARTS) is 1. The monoisotopic (exact) mass is 292 g/mol. The molecule has 1 aliphatic rings. The van der Waals surface area contributed by atoms with E-state index in [1.165, 1.54) is 4.88 Å². The summed E-state index contributed by atoms with van der Waals surface area (Å²) in [5.41, 5.74) is 1.14. The summed E-state index contributed by atoms with van der Waals surface area (Å²) in [5, 5.41) is 13.7. The molecule has 0 aliphatic heterocycles. The van der Waals surface area contributed by atoms with E-state index in [9.17, 15) is 9.59 Å². The number of rotatable bonds is 4. The predicted octanol–water partition coefficient (Wildman–Crippen LogP) is 1.85. The second-order valence-corrected chi connectivity index (χ2v) is 5.65. The maximum Gasteiger partial charge on any atom is 0.323 e. The van der Waals surface area contributed by atoms with E-state index in [1.54, 1.807) is 11.3 Å². The molecule has 0 aromatic carbocycles. The summed E-state index contributed by atoms with van der Waals surface area (Å²) in [6.45, 7) is -0.402. The van der Waals surface area contributed by atoms with Gasteiger partial charge >= 0.3 is 12.0 Å². The third kappa shape index (κ3) is 3.31. The minimum Gasteiger partial charge on any atom is -0.480 e. The summed E-state index contributed by atoms with van der Waals surface area (Å²) < 4.78 is 0. The van der Waals surface area contributed by atoms with Crippen LogP contribution in [0.3, 0.4) is 0 Å². The van der Waals surface area contributed by atoms with Crippen LogP contribution in [0.2, 0.25) is 0 Å². The van der Waals surface area contributed by atoms with Crippen molar-refractivity contribution in [2.24, 2.45) is 0 Å². The van der Waals surface area contributed by atoms with Gasteiger partial charge in [-0.05, 0) is 36.3 Å². The van der Waals surface area contributed by atoms with Crippen LogP contribution in [0.1, 0.15) is 29.3 Å². The number of carbonyl (C=O) groups excluding carboxylic acids is 1. The maximum atomic E-state index is 12.1. The zero-order chi connectivity index (χ0) is 14.5. The van der Waals surface area contributed by atoms with Gasteiger partial charge in [0.1, 0.15) is 6.54 Å². The Balaban J connectivity index is 2.04. The van der Waals surface area contributed by atoms with Crippen LogP contribution in [0.4, 0.5) is 4.79 Å². The Labute approximate surface area is 121 Å². The van der Waals surface area contributed by atoms with Crippen LogP contribution in [-0.2, 0) is 11.2 Å². The van der Waals surface area contributed by atoms with E-state index in [0.29, 0.717) is 0 Å². The molecule has 0 radical (unpaired) electrons. The molecule has 1 aromatic rings. The molecule has 5 nitrogen and oxygen atoms in total. The van der Waals surface area contributed by atoms with E-state index in [4.69, 9.17) is 11.5 Å². The average molecular weight is 292 g/mol. The fraction of sp³-hybridized carbons (Fsp3) is 0.429. The smallest absolute Gasteiger partial charge is 0.323 e. The van der Waals surface area contributed by atoms with Gasteiger partial charge in [0.05, 0.1) is 12.6 Å². The van der Waals surface area contributed by atoms with Crippen LogP contribution < -0.4 is 5.32 Å². The second kappa shape index (κ2) is 6.44. The first-order valence-corrected chi connectivity index (χ1v) is 7.26. The van der Waals surface area contributed by atoms with E-state index in [2.05, 4.69) is 11.2 Å². The number of amides is 2. The molecule has 0 bridgehead atoms. The predicted molar refractivity (Wildman–Crippen MR) is 76.6 cm³/mol. The lowest BCUT2D eigenvalue weighted by molar-refractivity contribution is -0.137. The van der Waals surface area contributed by atoms with Crippen molar-refractivity contribution < 1.29 is 14.7 Å². The lowest BCUT2D eigenvalue weighted by Crippen LogP contribution is -2.44. The first kappa shape index (κ1) is 14.4. The highest BCUT2D eigenvalue weighted by Crippen LogP contribution is 2.33. The fourth-order valence-electron chi connectivity index (χ4n) is 2.35. The standard InChI is InChI=1S/C14H16N2O3S/c1-2-7-16(9-13(17)18)14(19)15-11-4-3-5-12-10(11)6-8-20-12/h1,6,8,11H,3-5,7,9H2,(H,15,19)(H,17,18). The molecule has 2 N–H and O–H groups in total. The molecular formula is C14H16N2O3S. The highest BCUT2D eigenvalue weighted by molar-refractivity contribution is 7.10. The molecule has 1 heterocycles. The molecule has 106 valence electrons. The number of thiophene rings is 1. The third-order valence-corrected chi connectivity index (χ3v) is 4.24. The molecule has 0 saturated carbocycles. The zero-order valence-corrected chi connectivity index (χ0v) is 11.8. The van der Waals surface area contributed by atoms with Gasteiger partial charge in [0, 0.05) is 4.88 Å². The number of nitrogens with one attached hydrogen (secondary N) is 1. The summed E-state index contributed by atoms with van der Waals surface area (Å²) in [6.07, 6.45) is 8.11. The Bertz CT molecular complexity index is 547. The van der Waals surface area contributed by atoms with Gasteiger partial charge in [-0.25, -0.2) is 4.79 Å². The highest BCUT2D eigenvalue weighted by atomic mass is 32.1. The molecule has 1 aliphatic carbocycles.